The minimum absolute atomic E-state index is 0.196. The van der Waals surface area contributed by atoms with Crippen molar-refractivity contribution < 1.29 is 5.11 Å². The Bertz CT molecular complexity index is 329. The van der Waals surface area contributed by atoms with E-state index in [2.05, 4.69) is 30.9 Å². The summed E-state index contributed by atoms with van der Waals surface area (Å²) >= 11 is 0. The van der Waals surface area contributed by atoms with Crippen molar-refractivity contribution in [1.82, 2.24) is 4.90 Å². The molecule has 0 aliphatic carbocycles. The predicted octanol–water partition coefficient (Wildman–Crippen LogP) is 2.04. The first-order valence-corrected chi connectivity index (χ1v) is 7.37. The maximum absolute atomic E-state index is 10.2. The molecule has 0 heterocycles. The van der Waals surface area contributed by atoms with Crippen LogP contribution in [0.3, 0.4) is 0 Å². The van der Waals surface area contributed by atoms with Crippen LogP contribution in [0.2, 0.25) is 0 Å². The van der Waals surface area contributed by atoms with Gasteiger partial charge in [-0.1, -0.05) is 50.6 Å². The van der Waals surface area contributed by atoms with Gasteiger partial charge < -0.3 is 15.7 Å². The molecule has 3 heteroatoms. The lowest BCUT2D eigenvalue weighted by Gasteiger charge is -2.26. The first-order valence-electron chi connectivity index (χ1n) is 7.37. The van der Waals surface area contributed by atoms with Crippen molar-refractivity contribution in [2.75, 3.05) is 19.6 Å². The van der Waals surface area contributed by atoms with Gasteiger partial charge in [-0.25, -0.2) is 0 Å². The van der Waals surface area contributed by atoms with Gasteiger partial charge in [0, 0.05) is 12.6 Å². The summed E-state index contributed by atoms with van der Waals surface area (Å²) in [7, 11) is 0. The Morgan fingerprint density at radius 2 is 1.89 bits per heavy atom. The van der Waals surface area contributed by atoms with Gasteiger partial charge in [-0.15, -0.1) is 0 Å². The number of nitrogens with two attached hydrogens (primary N) is 1. The molecular formula is C16H28N2O. The number of likely N-dealkylation sites (N-methyl/N-ethyl adjacent to an activating group) is 1. The average Bonchev–Trinajstić information content (AvgIpc) is 2.44. The van der Waals surface area contributed by atoms with Gasteiger partial charge in [-0.3, -0.25) is 0 Å². The standard InChI is InChI=1S/C16H28N2O/c1-3-5-11-18(4-2)13-16(19)15(17)12-14-9-7-6-8-10-14/h6-10,15-16,19H,3-5,11-13,17H2,1-2H3. The maximum Gasteiger partial charge on any atom is 0.0820 e. The second kappa shape index (κ2) is 9.08. The van der Waals surface area contributed by atoms with Gasteiger partial charge >= 0.3 is 0 Å². The van der Waals surface area contributed by atoms with Crippen LogP contribution in [0.25, 0.3) is 0 Å². The van der Waals surface area contributed by atoms with Gasteiger partial charge in [0.05, 0.1) is 6.10 Å². The Labute approximate surface area is 117 Å². The number of benzene rings is 1. The Hall–Kier alpha value is -0.900. The predicted molar refractivity (Wildman–Crippen MR) is 81.2 cm³/mol. The molecule has 0 aliphatic heterocycles. The highest BCUT2D eigenvalue weighted by Crippen LogP contribution is 2.06. The summed E-state index contributed by atoms with van der Waals surface area (Å²) in [5.41, 5.74) is 7.29. The van der Waals surface area contributed by atoms with Crippen LogP contribution in [0.1, 0.15) is 32.3 Å². The summed E-state index contributed by atoms with van der Waals surface area (Å²) in [4.78, 5) is 2.28. The van der Waals surface area contributed by atoms with Crippen molar-refractivity contribution >= 4 is 0 Å². The van der Waals surface area contributed by atoms with Crippen LogP contribution < -0.4 is 5.73 Å². The van der Waals surface area contributed by atoms with Crippen LogP contribution in [-0.4, -0.2) is 41.8 Å². The number of aliphatic hydroxyl groups excluding tert-OH is 1. The first-order chi connectivity index (χ1) is 9.17. The fourth-order valence-corrected chi connectivity index (χ4v) is 2.18. The highest BCUT2D eigenvalue weighted by atomic mass is 16.3. The van der Waals surface area contributed by atoms with E-state index < -0.39 is 6.10 Å². The summed E-state index contributed by atoms with van der Waals surface area (Å²) in [6.07, 6.45) is 2.63. The molecule has 1 rings (SSSR count). The van der Waals surface area contributed by atoms with E-state index in [0.29, 0.717) is 6.54 Å². The van der Waals surface area contributed by atoms with E-state index >= 15 is 0 Å². The van der Waals surface area contributed by atoms with Gasteiger partial charge in [0.2, 0.25) is 0 Å². The van der Waals surface area contributed by atoms with Crippen LogP contribution in [0.15, 0.2) is 30.3 Å². The van der Waals surface area contributed by atoms with Gasteiger partial charge in [-0.05, 0) is 31.5 Å². The van der Waals surface area contributed by atoms with Crippen molar-refractivity contribution in [3.05, 3.63) is 35.9 Å². The summed E-state index contributed by atoms with van der Waals surface area (Å²) < 4.78 is 0. The lowest BCUT2D eigenvalue weighted by molar-refractivity contribution is 0.0924. The lowest BCUT2D eigenvalue weighted by Crippen LogP contribution is -2.44. The van der Waals surface area contributed by atoms with E-state index in [-0.39, 0.29) is 6.04 Å². The molecule has 2 unspecified atom stereocenters. The maximum atomic E-state index is 10.2. The molecule has 0 saturated heterocycles. The third-order valence-corrected chi connectivity index (χ3v) is 3.53. The van der Waals surface area contributed by atoms with Crippen LogP contribution in [-0.2, 0) is 6.42 Å². The largest absolute Gasteiger partial charge is 0.390 e. The second-order valence-electron chi connectivity index (χ2n) is 5.17. The monoisotopic (exact) mass is 264 g/mol. The summed E-state index contributed by atoms with van der Waals surface area (Å²) in [6, 6.07) is 9.93. The third kappa shape index (κ3) is 6.19. The molecule has 1 aromatic carbocycles. The van der Waals surface area contributed by atoms with Gasteiger partial charge in [-0.2, -0.15) is 0 Å². The minimum Gasteiger partial charge on any atom is -0.390 e. The molecule has 2 atom stereocenters. The quantitative estimate of drug-likeness (QED) is 0.717. The number of hydrogen-bond acceptors (Lipinski definition) is 3. The highest BCUT2D eigenvalue weighted by Gasteiger charge is 2.17. The summed E-state index contributed by atoms with van der Waals surface area (Å²) in [6.45, 7) is 7.00. The zero-order valence-electron chi connectivity index (χ0n) is 12.3. The van der Waals surface area contributed by atoms with Crippen molar-refractivity contribution in [1.29, 1.82) is 0 Å². The van der Waals surface area contributed by atoms with Crippen LogP contribution in [0.5, 0.6) is 0 Å². The fraction of sp³-hybridized carbons (Fsp3) is 0.625. The molecule has 0 bridgehead atoms. The molecule has 0 saturated carbocycles. The van der Waals surface area contributed by atoms with E-state index in [4.69, 9.17) is 5.73 Å². The molecule has 0 aliphatic rings. The molecule has 3 nitrogen and oxygen atoms in total. The Morgan fingerprint density at radius 3 is 2.47 bits per heavy atom. The van der Waals surface area contributed by atoms with E-state index in [0.717, 1.165) is 19.5 Å². The molecule has 0 fully saturated rings. The number of nitrogens with zero attached hydrogens (tertiary/aromatic N) is 1. The lowest BCUT2D eigenvalue weighted by atomic mass is 10.0. The number of rotatable bonds is 9. The Morgan fingerprint density at radius 1 is 1.21 bits per heavy atom. The van der Waals surface area contributed by atoms with E-state index in [1.807, 2.05) is 18.2 Å². The normalized spacial score (nSPS) is 14.6. The number of unbranched alkanes of at least 4 members (excludes halogenated alkanes) is 1. The number of hydrogen-bond donors (Lipinski definition) is 2. The molecule has 0 spiro atoms. The van der Waals surface area contributed by atoms with Gasteiger partial charge in [0.1, 0.15) is 0 Å². The molecule has 1 aromatic rings. The zero-order valence-corrected chi connectivity index (χ0v) is 12.3. The smallest absolute Gasteiger partial charge is 0.0820 e. The first kappa shape index (κ1) is 16.2. The SMILES string of the molecule is CCCCN(CC)CC(O)C(N)Cc1ccccc1. The molecular weight excluding hydrogens is 236 g/mol. The molecule has 19 heavy (non-hydrogen) atoms. The van der Waals surface area contributed by atoms with Crippen LogP contribution >= 0.6 is 0 Å². The highest BCUT2D eigenvalue weighted by molar-refractivity contribution is 5.16. The van der Waals surface area contributed by atoms with Gasteiger partial charge in [0.25, 0.3) is 0 Å². The van der Waals surface area contributed by atoms with Crippen molar-refractivity contribution in [3.8, 4) is 0 Å². The molecule has 0 aromatic heterocycles. The number of aliphatic hydroxyl groups is 1. The van der Waals surface area contributed by atoms with Crippen molar-refractivity contribution in [3.63, 3.8) is 0 Å². The summed E-state index contributed by atoms with van der Waals surface area (Å²) in [5, 5.41) is 10.2. The summed E-state index contributed by atoms with van der Waals surface area (Å²) in [5.74, 6) is 0. The molecule has 0 radical (unpaired) electrons. The Kier molecular flexibility index (Phi) is 7.72. The van der Waals surface area contributed by atoms with E-state index in [1.54, 1.807) is 0 Å². The second-order valence-corrected chi connectivity index (χ2v) is 5.17. The van der Waals surface area contributed by atoms with Crippen molar-refractivity contribution in [2.24, 2.45) is 5.73 Å². The molecule has 3 N–H and O–H groups in total. The fourth-order valence-electron chi connectivity index (χ4n) is 2.18. The molecule has 0 amide bonds. The molecule has 108 valence electrons. The Balaban J connectivity index is 2.40. The third-order valence-electron chi connectivity index (χ3n) is 3.53. The van der Waals surface area contributed by atoms with Crippen LogP contribution in [0, 0.1) is 0 Å². The minimum atomic E-state index is -0.461. The van der Waals surface area contributed by atoms with Gasteiger partial charge in [0.15, 0.2) is 0 Å². The van der Waals surface area contributed by atoms with E-state index in [1.165, 1.54) is 18.4 Å². The topological polar surface area (TPSA) is 49.5 Å². The van der Waals surface area contributed by atoms with Crippen LogP contribution in [0.4, 0.5) is 0 Å². The zero-order chi connectivity index (χ0) is 14.1. The van der Waals surface area contributed by atoms with E-state index in [9.17, 15) is 5.11 Å². The van der Waals surface area contributed by atoms with Crippen molar-refractivity contribution in [2.45, 2.75) is 45.3 Å². The average molecular weight is 264 g/mol.